The van der Waals surface area contributed by atoms with Crippen LogP contribution in [0.5, 0.6) is 0 Å². The molecule has 0 aliphatic carbocycles. The van der Waals surface area contributed by atoms with Crippen molar-refractivity contribution in [1.82, 2.24) is 10.3 Å². The van der Waals surface area contributed by atoms with Crippen LogP contribution in [0.4, 0.5) is 5.69 Å². The van der Waals surface area contributed by atoms with Crippen LogP contribution in [-0.2, 0) is 6.54 Å². The minimum Gasteiger partial charge on any atom is -0.368 e. The molecule has 1 aromatic heterocycles. The second kappa shape index (κ2) is 6.90. The van der Waals surface area contributed by atoms with Gasteiger partial charge in [-0.2, -0.15) is 0 Å². The molecule has 0 aromatic carbocycles. The molecule has 1 aliphatic heterocycles. The maximum Gasteiger partial charge on any atom is 0.0445 e. The molecule has 1 aliphatic rings. The number of hydrogen-bond donors (Lipinski definition) is 1. The van der Waals surface area contributed by atoms with Gasteiger partial charge in [0.15, 0.2) is 0 Å². The summed E-state index contributed by atoms with van der Waals surface area (Å²) in [7, 11) is 0. The van der Waals surface area contributed by atoms with Crippen molar-refractivity contribution in [2.75, 3.05) is 11.4 Å². The summed E-state index contributed by atoms with van der Waals surface area (Å²) in [4.78, 5) is 6.90. The fourth-order valence-corrected chi connectivity index (χ4v) is 2.89. The first-order chi connectivity index (χ1) is 9.22. The number of nitrogens with zero attached hydrogens (tertiary/aromatic N) is 2. The van der Waals surface area contributed by atoms with Gasteiger partial charge in [0.05, 0.1) is 0 Å². The van der Waals surface area contributed by atoms with E-state index >= 15 is 0 Å². The Morgan fingerprint density at radius 1 is 1.42 bits per heavy atom. The van der Waals surface area contributed by atoms with Gasteiger partial charge in [0.2, 0.25) is 0 Å². The van der Waals surface area contributed by atoms with Crippen molar-refractivity contribution in [3.63, 3.8) is 0 Å². The molecule has 0 saturated carbocycles. The van der Waals surface area contributed by atoms with Crippen molar-refractivity contribution in [1.29, 1.82) is 0 Å². The Labute approximate surface area is 117 Å². The summed E-state index contributed by atoms with van der Waals surface area (Å²) in [5, 5.41) is 3.51. The average molecular weight is 261 g/mol. The van der Waals surface area contributed by atoms with Gasteiger partial charge in [0.1, 0.15) is 0 Å². The number of nitrogens with one attached hydrogen (secondary N) is 1. The van der Waals surface area contributed by atoms with Gasteiger partial charge < -0.3 is 10.2 Å². The van der Waals surface area contributed by atoms with Gasteiger partial charge in [-0.1, -0.05) is 20.8 Å². The molecule has 3 heteroatoms. The zero-order valence-corrected chi connectivity index (χ0v) is 12.5. The predicted molar refractivity (Wildman–Crippen MR) is 81.5 cm³/mol. The van der Waals surface area contributed by atoms with Crippen molar-refractivity contribution < 1.29 is 0 Å². The molecule has 1 N–H and O–H groups in total. The zero-order chi connectivity index (χ0) is 13.7. The van der Waals surface area contributed by atoms with E-state index in [-0.39, 0.29) is 0 Å². The second-order valence-electron chi connectivity index (χ2n) is 5.79. The summed E-state index contributed by atoms with van der Waals surface area (Å²) in [6, 6.07) is 3.40. The van der Waals surface area contributed by atoms with Crippen LogP contribution >= 0.6 is 0 Å². The third kappa shape index (κ3) is 3.69. The molecule has 3 nitrogen and oxygen atoms in total. The van der Waals surface area contributed by atoms with Gasteiger partial charge in [0.25, 0.3) is 0 Å². The summed E-state index contributed by atoms with van der Waals surface area (Å²) >= 11 is 0. The van der Waals surface area contributed by atoms with Crippen LogP contribution in [0.25, 0.3) is 0 Å². The highest BCUT2D eigenvalue weighted by atomic mass is 15.2. The summed E-state index contributed by atoms with van der Waals surface area (Å²) in [6.45, 7) is 8.78. The number of piperidine rings is 1. The molecule has 2 rings (SSSR count). The highest BCUT2D eigenvalue weighted by molar-refractivity contribution is 5.53. The Kier molecular flexibility index (Phi) is 5.20. The molecule has 0 amide bonds. The number of anilines is 1. The quantitative estimate of drug-likeness (QED) is 0.881. The van der Waals surface area contributed by atoms with E-state index in [0.29, 0.717) is 12.1 Å². The van der Waals surface area contributed by atoms with Crippen LogP contribution in [0.1, 0.15) is 52.0 Å². The lowest BCUT2D eigenvalue weighted by atomic mass is 9.98. The molecule has 0 bridgehead atoms. The minimum absolute atomic E-state index is 0.511. The number of pyridine rings is 1. The summed E-state index contributed by atoms with van der Waals surface area (Å²) in [5.74, 6) is 0. The molecule has 1 aromatic rings. The fraction of sp³-hybridized carbons (Fsp3) is 0.688. The maximum atomic E-state index is 4.30. The Bertz CT molecular complexity index is 389. The van der Waals surface area contributed by atoms with Gasteiger partial charge in [-0.3, -0.25) is 4.98 Å². The first-order valence-corrected chi connectivity index (χ1v) is 7.65. The summed E-state index contributed by atoms with van der Waals surface area (Å²) < 4.78 is 0. The van der Waals surface area contributed by atoms with Crippen LogP contribution in [0.15, 0.2) is 18.5 Å². The molecule has 106 valence electrons. The lowest BCUT2D eigenvalue weighted by Gasteiger charge is -2.38. The van der Waals surface area contributed by atoms with E-state index in [9.17, 15) is 0 Å². The molecule has 1 unspecified atom stereocenters. The van der Waals surface area contributed by atoms with Crippen LogP contribution in [0, 0.1) is 0 Å². The van der Waals surface area contributed by atoms with Gasteiger partial charge in [-0.25, -0.2) is 0 Å². The largest absolute Gasteiger partial charge is 0.368 e. The van der Waals surface area contributed by atoms with E-state index in [1.54, 1.807) is 0 Å². The van der Waals surface area contributed by atoms with E-state index in [4.69, 9.17) is 0 Å². The van der Waals surface area contributed by atoms with E-state index in [0.717, 1.165) is 6.54 Å². The predicted octanol–water partition coefficient (Wildman–Crippen LogP) is 3.35. The van der Waals surface area contributed by atoms with Crippen molar-refractivity contribution >= 4 is 5.69 Å². The molecule has 2 heterocycles. The average Bonchev–Trinajstić information content (AvgIpc) is 2.45. The maximum absolute atomic E-state index is 4.30. The Morgan fingerprint density at radius 3 is 3.00 bits per heavy atom. The van der Waals surface area contributed by atoms with Crippen molar-refractivity contribution in [3.8, 4) is 0 Å². The second-order valence-corrected chi connectivity index (χ2v) is 5.79. The zero-order valence-electron chi connectivity index (χ0n) is 12.5. The molecule has 1 fully saturated rings. The van der Waals surface area contributed by atoms with Crippen molar-refractivity contribution in [3.05, 3.63) is 24.0 Å². The molecular formula is C16H27N3. The van der Waals surface area contributed by atoms with E-state index in [1.165, 1.54) is 43.5 Å². The Morgan fingerprint density at radius 2 is 2.26 bits per heavy atom. The molecule has 19 heavy (non-hydrogen) atoms. The summed E-state index contributed by atoms with van der Waals surface area (Å²) in [5.41, 5.74) is 2.71. The van der Waals surface area contributed by atoms with Crippen LogP contribution in [0.3, 0.4) is 0 Å². The highest BCUT2D eigenvalue weighted by Gasteiger charge is 2.22. The van der Waals surface area contributed by atoms with Gasteiger partial charge in [0, 0.05) is 48.8 Å². The lowest BCUT2D eigenvalue weighted by molar-refractivity contribution is 0.448. The fourth-order valence-electron chi connectivity index (χ4n) is 2.89. The van der Waals surface area contributed by atoms with Crippen LogP contribution in [0.2, 0.25) is 0 Å². The molecule has 1 atom stereocenters. The minimum atomic E-state index is 0.511. The van der Waals surface area contributed by atoms with Crippen LogP contribution in [-0.4, -0.2) is 23.6 Å². The molecular weight excluding hydrogens is 234 g/mol. The number of hydrogen-bond acceptors (Lipinski definition) is 3. The Hall–Kier alpha value is -1.09. The first kappa shape index (κ1) is 14.3. The third-order valence-corrected chi connectivity index (χ3v) is 3.99. The molecule has 1 saturated heterocycles. The normalized spacial score (nSPS) is 20.0. The van der Waals surface area contributed by atoms with Gasteiger partial charge in [-0.15, -0.1) is 0 Å². The smallest absolute Gasteiger partial charge is 0.0445 e. The highest BCUT2D eigenvalue weighted by Crippen LogP contribution is 2.28. The molecule has 0 spiro atoms. The van der Waals surface area contributed by atoms with E-state index < -0.39 is 0 Å². The standard InChI is InChI=1S/C16H27N3/c1-4-15-7-5-6-10-19(15)16-8-9-17-11-14(16)12-18-13(2)3/h8-9,11,13,15,18H,4-7,10,12H2,1-3H3. The SMILES string of the molecule is CCC1CCCCN1c1ccncc1CNC(C)C. The number of rotatable bonds is 5. The number of aromatic nitrogens is 1. The molecule has 0 radical (unpaired) electrons. The third-order valence-electron chi connectivity index (χ3n) is 3.99. The Balaban J connectivity index is 2.17. The van der Waals surface area contributed by atoms with Gasteiger partial charge >= 0.3 is 0 Å². The van der Waals surface area contributed by atoms with E-state index in [2.05, 4.69) is 42.0 Å². The van der Waals surface area contributed by atoms with Crippen LogP contribution < -0.4 is 10.2 Å². The van der Waals surface area contributed by atoms with E-state index in [1.807, 2.05) is 12.4 Å². The topological polar surface area (TPSA) is 28.2 Å². The lowest BCUT2D eigenvalue weighted by Crippen LogP contribution is -2.40. The van der Waals surface area contributed by atoms with Gasteiger partial charge in [-0.05, 0) is 31.7 Å². The summed E-state index contributed by atoms with van der Waals surface area (Å²) in [6.07, 6.45) is 9.20. The van der Waals surface area contributed by atoms with Crippen molar-refractivity contribution in [2.24, 2.45) is 0 Å². The van der Waals surface area contributed by atoms with Crippen molar-refractivity contribution in [2.45, 2.75) is 65.1 Å². The first-order valence-electron chi connectivity index (χ1n) is 7.65. The monoisotopic (exact) mass is 261 g/mol.